The van der Waals surface area contributed by atoms with Gasteiger partial charge in [0.1, 0.15) is 16.6 Å². The molecule has 3 heterocycles. The molecule has 0 saturated heterocycles. The summed E-state index contributed by atoms with van der Waals surface area (Å²) in [5.74, 6) is 2.64. The van der Waals surface area contributed by atoms with Crippen molar-refractivity contribution in [2.75, 3.05) is 11.1 Å². The maximum Gasteiger partial charge on any atom is 0.226 e. The smallest absolute Gasteiger partial charge is 0.226 e. The average molecular weight is 323 g/mol. The van der Waals surface area contributed by atoms with Gasteiger partial charge in [-0.15, -0.1) is 10.2 Å². The number of thioether (sulfide) groups is 1. The number of nitrogens with one attached hydrogen (secondary N) is 1. The highest BCUT2D eigenvalue weighted by Crippen LogP contribution is 2.23. The number of amides is 1. The van der Waals surface area contributed by atoms with Crippen molar-refractivity contribution in [1.82, 2.24) is 19.7 Å². The molecule has 1 aliphatic heterocycles. The molecule has 2 aromatic heterocycles. The fourth-order valence-electron chi connectivity index (χ4n) is 2.29. The minimum atomic E-state index is 0.0250. The van der Waals surface area contributed by atoms with Crippen molar-refractivity contribution in [3.63, 3.8) is 0 Å². The van der Waals surface area contributed by atoms with Crippen LogP contribution in [-0.4, -0.2) is 31.4 Å². The molecule has 0 fully saturated rings. The van der Waals surface area contributed by atoms with Crippen LogP contribution in [0.2, 0.25) is 0 Å². The first-order chi connectivity index (χ1) is 10.2. The lowest BCUT2D eigenvalue weighted by Crippen LogP contribution is -2.18. The number of nitrogens with zero attached hydrogens (tertiary/aromatic N) is 4. The van der Waals surface area contributed by atoms with Gasteiger partial charge < -0.3 is 9.88 Å². The molecule has 2 aromatic rings. The van der Waals surface area contributed by atoms with Gasteiger partial charge in [-0.2, -0.15) is 0 Å². The van der Waals surface area contributed by atoms with E-state index in [1.165, 1.54) is 6.42 Å². The maximum atomic E-state index is 12.0. The van der Waals surface area contributed by atoms with Crippen LogP contribution in [0.25, 0.3) is 0 Å². The number of hydrogen-bond acceptors (Lipinski definition) is 6. The Morgan fingerprint density at radius 1 is 1.48 bits per heavy atom. The van der Waals surface area contributed by atoms with E-state index in [1.54, 1.807) is 29.3 Å². The number of aryl methyl sites for hydroxylation is 2. The van der Waals surface area contributed by atoms with E-state index >= 15 is 0 Å². The van der Waals surface area contributed by atoms with Crippen LogP contribution in [0, 0.1) is 6.92 Å². The summed E-state index contributed by atoms with van der Waals surface area (Å²) in [4.78, 5) is 16.4. The number of anilines is 1. The van der Waals surface area contributed by atoms with Crippen molar-refractivity contribution in [1.29, 1.82) is 0 Å². The van der Waals surface area contributed by atoms with E-state index < -0.39 is 0 Å². The molecule has 1 N–H and O–H groups in total. The summed E-state index contributed by atoms with van der Waals surface area (Å²) < 4.78 is 3.03. The number of carbonyl (C=O) groups is 1. The lowest BCUT2D eigenvalue weighted by atomic mass is 10.2. The molecule has 0 atom stereocenters. The molecule has 21 heavy (non-hydrogen) atoms. The summed E-state index contributed by atoms with van der Waals surface area (Å²) in [5, 5.41) is 11.9. The molecule has 1 aliphatic rings. The summed E-state index contributed by atoms with van der Waals surface area (Å²) in [6, 6.07) is 0. The van der Waals surface area contributed by atoms with Gasteiger partial charge in [-0.05, 0) is 19.8 Å². The Morgan fingerprint density at radius 2 is 2.38 bits per heavy atom. The van der Waals surface area contributed by atoms with Gasteiger partial charge in [0.25, 0.3) is 0 Å². The van der Waals surface area contributed by atoms with Crippen molar-refractivity contribution in [2.45, 2.75) is 43.5 Å². The van der Waals surface area contributed by atoms with Crippen molar-refractivity contribution >= 4 is 34.8 Å². The fraction of sp³-hybridized carbons (Fsp3) is 0.538. The van der Waals surface area contributed by atoms with Crippen LogP contribution in [0.15, 0.2) is 10.5 Å². The second kappa shape index (κ2) is 6.57. The van der Waals surface area contributed by atoms with Gasteiger partial charge in [0.15, 0.2) is 4.34 Å². The summed E-state index contributed by atoms with van der Waals surface area (Å²) >= 11 is 3.13. The van der Waals surface area contributed by atoms with Crippen LogP contribution in [-0.2, 0) is 17.8 Å². The molecule has 0 unspecified atom stereocenters. The number of carbonyl (C=O) groups excluding carboxylic acids is 1. The minimum absolute atomic E-state index is 0.0250. The molecular weight excluding hydrogens is 306 g/mol. The molecule has 0 aliphatic carbocycles. The Hall–Kier alpha value is -1.41. The van der Waals surface area contributed by atoms with Crippen molar-refractivity contribution in [2.24, 2.45) is 0 Å². The predicted molar refractivity (Wildman–Crippen MR) is 83.8 cm³/mol. The van der Waals surface area contributed by atoms with E-state index in [1.807, 2.05) is 6.92 Å². The molecular formula is C13H17N5OS2. The molecule has 3 rings (SSSR count). The standard InChI is InChI=1S/C13H17N5OS2/c1-9-16-17-13(21-9)20-7-5-12(19)15-11-8-14-10-4-2-3-6-18(10)11/h8H,2-7H2,1H3,(H,15,19). The first-order valence-electron chi connectivity index (χ1n) is 6.99. The second-order valence-electron chi connectivity index (χ2n) is 4.90. The Labute approximate surface area is 131 Å². The van der Waals surface area contributed by atoms with Gasteiger partial charge in [0, 0.05) is 25.1 Å². The third-order valence-corrected chi connectivity index (χ3v) is 5.27. The Bertz CT molecular complexity index is 636. The molecule has 0 saturated carbocycles. The van der Waals surface area contributed by atoms with E-state index in [4.69, 9.17) is 0 Å². The Balaban J connectivity index is 1.49. The Morgan fingerprint density at radius 3 is 3.19 bits per heavy atom. The number of hydrogen-bond donors (Lipinski definition) is 1. The van der Waals surface area contributed by atoms with Crippen molar-refractivity contribution in [3.05, 3.63) is 17.0 Å². The monoisotopic (exact) mass is 323 g/mol. The summed E-state index contributed by atoms with van der Waals surface area (Å²) in [7, 11) is 0. The van der Waals surface area contributed by atoms with E-state index in [0.29, 0.717) is 12.2 Å². The zero-order valence-electron chi connectivity index (χ0n) is 11.8. The van der Waals surface area contributed by atoms with E-state index in [-0.39, 0.29) is 5.91 Å². The van der Waals surface area contributed by atoms with Crippen LogP contribution in [0.4, 0.5) is 5.82 Å². The molecule has 0 spiro atoms. The van der Waals surface area contributed by atoms with Gasteiger partial charge in [0.2, 0.25) is 5.91 Å². The third-order valence-electron chi connectivity index (χ3n) is 3.30. The fourth-order valence-corrected chi connectivity index (χ4v) is 4.11. The third kappa shape index (κ3) is 3.62. The van der Waals surface area contributed by atoms with E-state index in [2.05, 4.69) is 25.1 Å². The van der Waals surface area contributed by atoms with Crippen LogP contribution in [0.3, 0.4) is 0 Å². The van der Waals surface area contributed by atoms with Gasteiger partial charge in [-0.25, -0.2) is 4.98 Å². The summed E-state index contributed by atoms with van der Waals surface area (Å²) in [6.45, 7) is 2.88. The number of aromatic nitrogens is 4. The van der Waals surface area contributed by atoms with Crippen LogP contribution in [0.5, 0.6) is 0 Å². The Kier molecular flexibility index (Phi) is 4.54. The van der Waals surface area contributed by atoms with E-state index in [0.717, 1.165) is 40.4 Å². The highest BCUT2D eigenvalue weighted by molar-refractivity contribution is 8.01. The average Bonchev–Trinajstić information content (AvgIpc) is 3.06. The number of fused-ring (bicyclic) bond motifs is 1. The molecule has 6 nitrogen and oxygen atoms in total. The minimum Gasteiger partial charge on any atom is -0.315 e. The zero-order valence-corrected chi connectivity index (χ0v) is 13.5. The van der Waals surface area contributed by atoms with E-state index in [9.17, 15) is 4.79 Å². The second-order valence-corrected chi connectivity index (χ2v) is 7.43. The predicted octanol–water partition coefficient (Wildman–Crippen LogP) is 2.50. The molecule has 112 valence electrons. The number of imidazole rings is 1. The van der Waals surface area contributed by atoms with Crippen LogP contribution >= 0.6 is 23.1 Å². The van der Waals surface area contributed by atoms with Crippen LogP contribution in [0.1, 0.15) is 30.1 Å². The topological polar surface area (TPSA) is 72.7 Å². The first-order valence-corrected chi connectivity index (χ1v) is 8.80. The summed E-state index contributed by atoms with van der Waals surface area (Å²) in [5.41, 5.74) is 0. The van der Waals surface area contributed by atoms with Gasteiger partial charge in [-0.1, -0.05) is 23.1 Å². The highest BCUT2D eigenvalue weighted by Gasteiger charge is 2.15. The largest absolute Gasteiger partial charge is 0.315 e. The highest BCUT2D eigenvalue weighted by atomic mass is 32.2. The first kappa shape index (κ1) is 14.5. The normalized spacial score (nSPS) is 14.0. The van der Waals surface area contributed by atoms with Crippen LogP contribution < -0.4 is 5.32 Å². The van der Waals surface area contributed by atoms with Gasteiger partial charge in [-0.3, -0.25) is 4.79 Å². The lowest BCUT2D eigenvalue weighted by molar-refractivity contribution is -0.115. The molecule has 0 bridgehead atoms. The molecule has 8 heteroatoms. The van der Waals surface area contributed by atoms with Gasteiger partial charge >= 0.3 is 0 Å². The molecule has 0 aromatic carbocycles. The van der Waals surface area contributed by atoms with Gasteiger partial charge in [0.05, 0.1) is 6.20 Å². The number of rotatable bonds is 5. The lowest BCUT2D eigenvalue weighted by Gasteiger charge is -2.16. The quantitative estimate of drug-likeness (QED) is 0.856. The summed E-state index contributed by atoms with van der Waals surface area (Å²) in [6.07, 6.45) is 5.56. The SMILES string of the molecule is Cc1nnc(SCCC(=O)Nc2cnc3n2CCCC3)s1. The molecule has 0 radical (unpaired) electrons. The van der Waals surface area contributed by atoms with Crippen molar-refractivity contribution < 1.29 is 4.79 Å². The zero-order chi connectivity index (χ0) is 14.7. The van der Waals surface area contributed by atoms with Crippen molar-refractivity contribution in [3.8, 4) is 0 Å². The maximum absolute atomic E-state index is 12.0. The molecule has 1 amide bonds.